The molecule has 0 saturated carbocycles. The molecule has 0 spiro atoms. The van der Waals surface area contributed by atoms with Gasteiger partial charge in [0.2, 0.25) is 15.9 Å². The Balaban J connectivity index is 1.89. The lowest BCUT2D eigenvalue weighted by atomic mass is 10.0. The molecule has 8 heteroatoms. The molecule has 1 N–H and O–H groups in total. The van der Waals surface area contributed by atoms with Gasteiger partial charge in [-0.2, -0.15) is 4.31 Å². The summed E-state index contributed by atoms with van der Waals surface area (Å²) in [5.41, 5.74) is 2.36. The third kappa shape index (κ3) is 5.37. The zero-order valence-corrected chi connectivity index (χ0v) is 19.1. The average molecular weight is 447 g/mol. The lowest BCUT2D eigenvalue weighted by Crippen LogP contribution is -2.31. The van der Waals surface area contributed by atoms with Crippen LogP contribution >= 0.6 is 0 Å². The molecule has 2 aromatic carbocycles. The number of amides is 1. The van der Waals surface area contributed by atoms with Gasteiger partial charge in [-0.1, -0.05) is 13.0 Å². The van der Waals surface area contributed by atoms with E-state index in [-0.39, 0.29) is 17.3 Å². The number of hydrogen-bond acceptors (Lipinski definition) is 5. The highest BCUT2D eigenvalue weighted by atomic mass is 32.2. The largest absolute Gasteiger partial charge is 0.490 e. The molecule has 0 atom stereocenters. The monoisotopic (exact) mass is 446 g/mol. The van der Waals surface area contributed by atoms with Crippen LogP contribution in [0.1, 0.15) is 44.7 Å². The number of hydrogen-bond donors (Lipinski definition) is 1. The maximum absolute atomic E-state index is 13.4. The van der Waals surface area contributed by atoms with Gasteiger partial charge in [0.25, 0.3) is 0 Å². The Kier molecular flexibility index (Phi) is 7.56. The Labute approximate surface area is 184 Å². The van der Waals surface area contributed by atoms with Crippen molar-refractivity contribution in [2.75, 3.05) is 25.1 Å². The van der Waals surface area contributed by atoms with Gasteiger partial charge in [-0.25, -0.2) is 8.42 Å². The van der Waals surface area contributed by atoms with Crippen molar-refractivity contribution in [1.29, 1.82) is 0 Å². The van der Waals surface area contributed by atoms with Crippen molar-refractivity contribution in [2.45, 2.75) is 51.5 Å². The molecule has 31 heavy (non-hydrogen) atoms. The molecule has 0 aromatic heterocycles. The molecule has 3 rings (SSSR count). The molecule has 1 amide bonds. The van der Waals surface area contributed by atoms with Crippen molar-refractivity contribution in [3.63, 3.8) is 0 Å². The number of nitrogens with one attached hydrogen (secondary N) is 1. The third-order valence-corrected chi connectivity index (χ3v) is 6.89. The minimum Gasteiger partial charge on any atom is -0.490 e. The Bertz CT molecular complexity index is 1040. The van der Waals surface area contributed by atoms with E-state index in [0.717, 1.165) is 11.1 Å². The van der Waals surface area contributed by atoms with Gasteiger partial charge in [-0.3, -0.25) is 4.79 Å². The molecular formula is C23H30N2O5S. The van der Waals surface area contributed by atoms with E-state index < -0.39 is 10.0 Å². The van der Waals surface area contributed by atoms with Gasteiger partial charge in [0.05, 0.1) is 18.1 Å². The predicted octanol–water partition coefficient (Wildman–Crippen LogP) is 3.97. The van der Waals surface area contributed by atoms with Gasteiger partial charge in [-0.05, 0) is 68.1 Å². The molecule has 7 nitrogen and oxygen atoms in total. The number of ether oxygens (including phenoxy) is 2. The van der Waals surface area contributed by atoms with Crippen molar-refractivity contribution < 1.29 is 22.7 Å². The molecule has 1 aliphatic heterocycles. The van der Waals surface area contributed by atoms with Crippen LogP contribution in [-0.4, -0.2) is 38.4 Å². The van der Waals surface area contributed by atoms with Crippen molar-refractivity contribution >= 4 is 21.6 Å². The summed E-state index contributed by atoms with van der Waals surface area (Å²) in [4.78, 5) is 11.8. The molecular weight excluding hydrogens is 416 g/mol. The predicted molar refractivity (Wildman–Crippen MR) is 120 cm³/mol. The fourth-order valence-electron chi connectivity index (χ4n) is 3.60. The number of benzene rings is 2. The summed E-state index contributed by atoms with van der Waals surface area (Å²) in [5.74, 6) is 1.21. The van der Waals surface area contributed by atoms with Gasteiger partial charge in [0.1, 0.15) is 0 Å². The Hall–Kier alpha value is -2.58. The number of fused-ring (bicyclic) bond motifs is 1. The second-order valence-electron chi connectivity index (χ2n) is 7.35. The number of aryl methyl sites for hydroxylation is 1. The summed E-state index contributed by atoms with van der Waals surface area (Å²) >= 11 is 0. The summed E-state index contributed by atoms with van der Waals surface area (Å²) < 4.78 is 39.7. The second-order valence-corrected chi connectivity index (χ2v) is 9.29. The van der Waals surface area contributed by atoms with E-state index in [0.29, 0.717) is 56.2 Å². The third-order valence-electron chi connectivity index (χ3n) is 5.05. The van der Waals surface area contributed by atoms with E-state index in [9.17, 15) is 13.2 Å². The highest BCUT2D eigenvalue weighted by Crippen LogP contribution is 2.31. The van der Waals surface area contributed by atoms with Crippen LogP contribution in [0, 0.1) is 0 Å². The Morgan fingerprint density at radius 3 is 2.42 bits per heavy atom. The Morgan fingerprint density at radius 2 is 1.71 bits per heavy atom. The summed E-state index contributed by atoms with van der Waals surface area (Å²) in [5, 5.41) is 2.79. The van der Waals surface area contributed by atoms with E-state index in [4.69, 9.17) is 9.47 Å². The fourth-order valence-corrected chi connectivity index (χ4v) is 5.17. The lowest BCUT2D eigenvalue weighted by Gasteiger charge is -2.24. The Morgan fingerprint density at radius 1 is 0.968 bits per heavy atom. The van der Waals surface area contributed by atoms with Gasteiger partial charge in [-0.15, -0.1) is 0 Å². The van der Waals surface area contributed by atoms with E-state index in [1.54, 1.807) is 18.2 Å². The van der Waals surface area contributed by atoms with E-state index in [2.05, 4.69) is 5.32 Å². The van der Waals surface area contributed by atoms with Gasteiger partial charge >= 0.3 is 0 Å². The quantitative estimate of drug-likeness (QED) is 0.597. The molecule has 168 valence electrons. The van der Waals surface area contributed by atoms with Crippen molar-refractivity contribution in [3.05, 3.63) is 47.5 Å². The molecule has 0 saturated heterocycles. The maximum atomic E-state index is 13.4. The first kappa shape index (κ1) is 23.1. The molecule has 0 fully saturated rings. The van der Waals surface area contributed by atoms with Crippen molar-refractivity contribution in [2.24, 2.45) is 0 Å². The summed E-state index contributed by atoms with van der Waals surface area (Å²) in [7, 11) is -3.71. The number of nitrogens with zero attached hydrogens (tertiary/aromatic N) is 1. The molecule has 2 aromatic rings. The van der Waals surface area contributed by atoms with E-state index in [1.807, 2.05) is 39.0 Å². The zero-order chi connectivity index (χ0) is 22.4. The van der Waals surface area contributed by atoms with Crippen LogP contribution in [0.25, 0.3) is 0 Å². The lowest BCUT2D eigenvalue weighted by molar-refractivity contribution is -0.116. The minimum atomic E-state index is -3.71. The van der Waals surface area contributed by atoms with Gasteiger partial charge < -0.3 is 14.8 Å². The second kappa shape index (κ2) is 10.2. The molecule has 0 radical (unpaired) electrons. The average Bonchev–Trinajstić information content (AvgIpc) is 2.75. The first-order valence-corrected chi connectivity index (χ1v) is 12.1. The summed E-state index contributed by atoms with van der Waals surface area (Å²) in [6, 6.07) is 10.4. The van der Waals surface area contributed by atoms with Crippen LogP contribution in [0.4, 0.5) is 5.69 Å². The van der Waals surface area contributed by atoms with Crippen molar-refractivity contribution in [3.8, 4) is 11.5 Å². The first-order valence-electron chi connectivity index (χ1n) is 10.7. The smallest absolute Gasteiger partial charge is 0.243 e. The first-order chi connectivity index (χ1) is 14.9. The van der Waals surface area contributed by atoms with Crippen LogP contribution in [-0.2, 0) is 27.8 Å². The molecule has 0 unspecified atom stereocenters. The molecule has 0 aliphatic carbocycles. The van der Waals surface area contributed by atoms with Crippen LogP contribution in [0.2, 0.25) is 0 Å². The minimum absolute atomic E-state index is 0.0451. The maximum Gasteiger partial charge on any atom is 0.243 e. The highest BCUT2D eigenvalue weighted by Gasteiger charge is 2.26. The topological polar surface area (TPSA) is 84.9 Å². The molecule has 0 bridgehead atoms. The van der Waals surface area contributed by atoms with Crippen LogP contribution < -0.4 is 14.8 Å². The number of sulfonamides is 1. The number of carbonyl (C=O) groups excluding carboxylic acids is 1. The van der Waals surface area contributed by atoms with Crippen LogP contribution in [0.15, 0.2) is 41.3 Å². The molecule has 1 aliphatic rings. The zero-order valence-electron chi connectivity index (χ0n) is 18.3. The van der Waals surface area contributed by atoms with E-state index in [1.165, 1.54) is 4.31 Å². The summed E-state index contributed by atoms with van der Waals surface area (Å²) in [6.07, 6.45) is 1.59. The number of anilines is 1. The highest BCUT2D eigenvalue weighted by molar-refractivity contribution is 7.89. The normalized spacial score (nSPS) is 13.6. The van der Waals surface area contributed by atoms with Gasteiger partial charge in [0, 0.05) is 25.2 Å². The number of carbonyl (C=O) groups is 1. The van der Waals surface area contributed by atoms with Crippen LogP contribution in [0.5, 0.6) is 11.5 Å². The molecule has 1 heterocycles. The van der Waals surface area contributed by atoms with Crippen LogP contribution in [0.3, 0.4) is 0 Å². The van der Waals surface area contributed by atoms with E-state index >= 15 is 0 Å². The fraction of sp³-hybridized carbons (Fsp3) is 0.435. The van der Waals surface area contributed by atoms with Gasteiger partial charge in [0.15, 0.2) is 11.5 Å². The van der Waals surface area contributed by atoms with Crippen molar-refractivity contribution in [1.82, 2.24) is 4.31 Å². The standard InChI is InChI=1S/C23H30N2O5S/c1-4-13-25(16-17-7-11-21(29-5-2)22(14-17)30-6-3)31(27,28)19-9-10-20-18(15-19)8-12-23(26)24-20/h7,9-11,14-15H,4-6,8,12-13,16H2,1-3H3,(H,24,26). The SMILES string of the molecule is CCCN(Cc1ccc(OCC)c(OCC)c1)S(=O)(=O)c1ccc2c(c1)CCC(=O)N2. The number of rotatable bonds is 10. The summed E-state index contributed by atoms with van der Waals surface area (Å²) in [6.45, 7) is 7.40.